The van der Waals surface area contributed by atoms with Gasteiger partial charge in [-0.2, -0.15) is 0 Å². The Morgan fingerprint density at radius 3 is 2.85 bits per heavy atom. The Kier molecular flexibility index (Phi) is 1.96. The van der Waals surface area contributed by atoms with Gasteiger partial charge in [-0.15, -0.1) is 0 Å². The molecule has 13 heavy (non-hydrogen) atoms. The molecule has 2 aromatic heterocycles. The van der Waals surface area contributed by atoms with Gasteiger partial charge in [0.1, 0.15) is 10.7 Å². The van der Waals surface area contributed by atoms with Gasteiger partial charge < -0.3 is 4.57 Å². The first-order valence-corrected chi connectivity index (χ1v) is 4.54. The maximum atomic E-state index is 5.80. The summed E-state index contributed by atoms with van der Waals surface area (Å²) in [6.07, 6.45) is 3.50. The lowest BCUT2D eigenvalue weighted by Gasteiger charge is -2.07. The SMILES string of the molecule is CC(C)n1cnc2cnc(Cl)cc21. The molecule has 3 nitrogen and oxygen atoms in total. The van der Waals surface area contributed by atoms with Crippen LogP contribution in [0.4, 0.5) is 0 Å². The van der Waals surface area contributed by atoms with Crippen LogP contribution >= 0.6 is 11.6 Å². The Hall–Kier alpha value is -1.09. The van der Waals surface area contributed by atoms with Crippen molar-refractivity contribution in [2.45, 2.75) is 19.9 Å². The third-order valence-electron chi connectivity index (χ3n) is 1.98. The molecule has 2 heterocycles. The normalized spacial score (nSPS) is 11.4. The van der Waals surface area contributed by atoms with E-state index in [1.54, 1.807) is 6.20 Å². The number of imidazole rings is 1. The van der Waals surface area contributed by atoms with Crippen LogP contribution in [-0.2, 0) is 0 Å². The van der Waals surface area contributed by atoms with Crippen molar-refractivity contribution in [3.05, 3.63) is 23.7 Å². The van der Waals surface area contributed by atoms with Gasteiger partial charge in [-0.3, -0.25) is 0 Å². The van der Waals surface area contributed by atoms with E-state index >= 15 is 0 Å². The van der Waals surface area contributed by atoms with Crippen molar-refractivity contribution in [2.75, 3.05) is 0 Å². The molecule has 0 bridgehead atoms. The highest BCUT2D eigenvalue weighted by atomic mass is 35.5. The first-order valence-electron chi connectivity index (χ1n) is 4.16. The van der Waals surface area contributed by atoms with E-state index in [0.29, 0.717) is 11.2 Å². The second-order valence-electron chi connectivity index (χ2n) is 3.24. The summed E-state index contributed by atoms with van der Waals surface area (Å²) in [5, 5.41) is 0.509. The average Bonchev–Trinajstić information content (AvgIpc) is 2.46. The average molecular weight is 196 g/mol. The third-order valence-corrected chi connectivity index (χ3v) is 2.19. The maximum absolute atomic E-state index is 5.80. The molecular formula is C9H10ClN3. The van der Waals surface area contributed by atoms with E-state index in [4.69, 9.17) is 11.6 Å². The summed E-state index contributed by atoms with van der Waals surface area (Å²) < 4.78 is 2.07. The van der Waals surface area contributed by atoms with Crippen LogP contribution in [0.15, 0.2) is 18.6 Å². The Labute approximate surface area is 81.4 Å². The minimum absolute atomic E-state index is 0.392. The molecule has 0 atom stereocenters. The highest BCUT2D eigenvalue weighted by Gasteiger charge is 2.05. The highest BCUT2D eigenvalue weighted by Crippen LogP contribution is 2.18. The van der Waals surface area contributed by atoms with E-state index in [9.17, 15) is 0 Å². The number of pyridine rings is 1. The van der Waals surface area contributed by atoms with Crippen molar-refractivity contribution in [3.8, 4) is 0 Å². The van der Waals surface area contributed by atoms with E-state index < -0.39 is 0 Å². The molecule has 0 amide bonds. The second kappa shape index (κ2) is 3.00. The molecule has 0 saturated carbocycles. The van der Waals surface area contributed by atoms with Crippen molar-refractivity contribution < 1.29 is 0 Å². The van der Waals surface area contributed by atoms with Crippen LogP contribution in [0, 0.1) is 0 Å². The lowest BCUT2D eigenvalue weighted by molar-refractivity contribution is 0.617. The van der Waals surface area contributed by atoms with E-state index in [2.05, 4.69) is 28.4 Å². The maximum Gasteiger partial charge on any atom is 0.131 e. The van der Waals surface area contributed by atoms with E-state index in [0.717, 1.165) is 11.0 Å². The van der Waals surface area contributed by atoms with E-state index in [1.807, 2.05) is 12.4 Å². The number of aromatic nitrogens is 3. The molecule has 0 saturated heterocycles. The number of nitrogens with zero attached hydrogens (tertiary/aromatic N) is 3. The van der Waals surface area contributed by atoms with Crippen molar-refractivity contribution >= 4 is 22.6 Å². The molecule has 0 aromatic carbocycles. The molecule has 0 aliphatic heterocycles. The first kappa shape index (κ1) is 8.51. The molecule has 0 aliphatic carbocycles. The lowest BCUT2D eigenvalue weighted by atomic mass is 10.3. The number of halogens is 1. The number of rotatable bonds is 1. The van der Waals surface area contributed by atoms with Gasteiger partial charge in [0, 0.05) is 12.1 Å². The molecule has 0 aliphatic rings. The molecule has 2 rings (SSSR count). The van der Waals surface area contributed by atoms with E-state index in [1.165, 1.54) is 0 Å². The summed E-state index contributed by atoms with van der Waals surface area (Å²) >= 11 is 5.80. The molecule has 0 unspecified atom stereocenters. The zero-order chi connectivity index (χ0) is 9.42. The zero-order valence-corrected chi connectivity index (χ0v) is 8.28. The standard InChI is InChI=1S/C9H10ClN3/c1-6(2)13-5-12-7-4-11-9(10)3-8(7)13/h3-6H,1-2H3. The smallest absolute Gasteiger partial charge is 0.131 e. The van der Waals surface area contributed by atoms with Crippen LogP contribution in [0.5, 0.6) is 0 Å². The van der Waals surface area contributed by atoms with Crippen LogP contribution in [-0.4, -0.2) is 14.5 Å². The summed E-state index contributed by atoms with van der Waals surface area (Å²) in [6, 6.07) is 2.23. The number of hydrogen-bond acceptors (Lipinski definition) is 2. The molecule has 0 spiro atoms. The minimum Gasteiger partial charge on any atom is -0.328 e. The number of fused-ring (bicyclic) bond motifs is 1. The van der Waals surface area contributed by atoms with Crippen molar-refractivity contribution in [2.24, 2.45) is 0 Å². The predicted molar refractivity (Wildman–Crippen MR) is 52.9 cm³/mol. The van der Waals surface area contributed by atoms with Crippen molar-refractivity contribution in [1.82, 2.24) is 14.5 Å². The molecule has 0 N–H and O–H groups in total. The molecule has 0 fully saturated rings. The van der Waals surface area contributed by atoms with Gasteiger partial charge in [0.15, 0.2) is 0 Å². The molecule has 0 radical (unpaired) electrons. The second-order valence-corrected chi connectivity index (χ2v) is 3.63. The fourth-order valence-corrected chi connectivity index (χ4v) is 1.47. The summed E-state index contributed by atoms with van der Waals surface area (Å²) in [7, 11) is 0. The molecule has 2 aromatic rings. The molecule has 68 valence electrons. The minimum atomic E-state index is 0.392. The topological polar surface area (TPSA) is 30.7 Å². The summed E-state index contributed by atoms with van der Waals surface area (Å²) in [4.78, 5) is 8.19. The Balaban J connectivity index is 2.71. The third kappa shape index (κ3) is 1.40. The summed E-state index contributed by atoms with van der Waals surface area (Å²) in [5.74, 6) is 0. The monoisotopic (exact) mass is 195 g/mol. The van der Waals surface area contributed by atoms with Gasteiger partial charge in [-0.25, -0.2) is 9.97 Å². The first-order chi connectivity index (χ1) is 6.18. The van der Waals surface area contributed by atoms with Crippen LogP contribution in [0.3, 0.4) is 0 Å². The fourth-order valence-electron chi connectivity index (χ4n) is 1.32. The van der Waals surface area contributed by atoms with Gasteiger partial charge in [0.25, 0.3) is 0 Å². The van der Waals surface area contributed by atoms with Crippen LogP contribution in [0.1, 0.15) is 19.9 Å². The van der Waals surface area contributed by atoms with Gasteiger partial charge in [0.05, 0.1) is 18.0 Å². The zero-order valence-electron chi connectivity index (χ0n) is 7.53. The van der Waals surface area contributed by atoms with Crippen molar-refractivity contribution in [1.29, 1.82) is 0 Å². The quantitative estimate of drug-likeness (QED) is 0.655. The Bertz CT molecular complexity index is 433. The summed E-state index contributed by atoms with van der Waals surface area (Å²) in [6.45, 7) is 4.21. The van der Waals surface area contributed by atoms with Crippen LogP contribution < -0.4 is 0 Å². The highest BCUT2D eigenvalue weighted by molar-refractivity contribution is 6.29. The lowest BCUT2D eigenvalue weighted by Crippen LogP contribution is -1.97. The van der Waals surface area contributed by atoms with Gasteiger partial charge in [0.2, 0.25) is 0 Å². The predicted octanol–water partition coefficient (Wildman–Crippen LogP) is 2.67. The number of hydrogen-bond donors (Lipinski definition) is 0. The van der Waals surface area contributed by atoms with E-state index in [-0.39, 0.29) is 0 Å². The van der Waals surface area contributed by atoms with Crippen LogP contribution in [0.25, 0.3) is 11.0 Å². The summed E-state index contributed by atoms with van der Waals surface area (Å²) in [5.41, 5.74) is 1.92. The Morgan fingerprint density at radius 2 is 2.15 bits per heavy atom. The fraction of sp³-hybridized carbons (Fsp3) is 0.333. The van der Waals surface area contributed by atoms with Crippen LogP contribution in [0.2, 0.25) is 5.15 Å². The van der Waals surface area contributed by atoms with Gasteiger partial charge >= 0.3 is 0 Å². The molecule has 4 heteroatoms. The van der Waals surface area contributed by atoms with Gasteiger partial charge in [-0.05, 0) is 13.8 Å². The molecular weight excluding hydrogens is 186 g/mol. The van der Waals surface area contributed by atoms with Crippen molar-refractivity contribution in [3.63, 3.8) is 0 Å². The Morgan fingerprint density at radius 1 is 1.38 bits per heavy atom. The largest absolute Gasteiger partial charge is 0.328 e. The van der Waals surface area contributed by atoms with Gasteiger partial charge in [-0.1, -0.05) is 11.6 Å².